The van der Waals surface area contributed by atoms with Gasteiger partial charge in [-0.05, 0) is 24.1 Å². The molecule has 2 rings (SSSR count). The van der Waals surface area contributed by atoms with E-state index >= 15 is 0 Å². The quantitative estimate of drug-likeness (QED) is 0.909. The predicted octanol–water partition coefficient (Wildman–Crippen LogP) is 1.64. The Morgan fingerprint density at radius 1 is 1.08 bits per heavy atom. The molecular weight excluding hydrogens is 308 g/mol. The summed E-state index contributed by atoms with van der Waals surface area (Å²) >= 11 is 0. The fourth-order valence-corrected chi connectivity index (χ4v) is 2.85. The van der Waals surface area contributed by atoms with Crippen molar-refractivity contribution in [2.24, 2.45) is 5.92 Å². The first-order valence-corrected chi connectivity index (χ1v) is 8.27. The molecule has 0 aliphatic carbocycles. The molecule has 130 valence electrons. The molecule has 0 saturated carbocycles. The molecule has 1 aliphatic heterocycles. The fourth-order valence-electron chi connectivity index (χ4n) is 2.85. The first-order valence-electron chi connectivity index (χ1n) is 8.27. The Hall–Kier alpha value is -2.37. The zero-order valence-electron chi connectivity index (χ0n) is 14.2. The van der Waals surface area contributed by atoms with Gasteiger partial charge in [0.25, 0.3) is 0 Å². The van der Waals surface area contributed by atoms with E-state index in [9.17, 15) is 14.4 Å². The topological polar surface area (TPSA) is 77.9 Å². The molecule has 2 amide bonds. The molecule has 6 heteroatoms. The van der Waals surface area contributed by atoms with Crippen molar-refractivity contribution < 1.29 is 19.5 Å². The number of carboxylic acid groups (broad SMARTS) is 1. The molecule has 1 N–H and O–H groups in total. The lowest BCUT2D eigenvalue weighted by Gasteiger charge is -2.23. The first-order chi connectivity index (χ1) is 11.4. The van der Waals surface area contributed by atoms with Crippen LogP contribution in [0.4, 0.5) is 0 Å². The van der Waals surface area contributed by atoms with Crippen molar-refractivity contribution in [1.82, 2.24) is 9.80 Å². The maximum Gasteiger partial charge on any atom is 0.335 e. The van der Waals surface area contributed by atoms with E-state index in [0.29, 0.717) is 31.7 Å². The van der Waals surface area contributed by atoms with E-state index in [1.165, 1.54) is 12.1 Å². The number of carbonyl (C=O) groups is 3. The van der Waals surface area contributed by atoms with Crippen LogP contribution in [0.1, 0.15) is 36.2 Å². The number of carbonyl (C=O) groups excluding carboxylic acids is 2. The van der Waals surface area contributed by atoms with E-state index in [1.54, 1.807) is 17.0 Å². The van der Waals surface area contributed by atoms with Crippen LogP contribution in [0, 0.1) is 5.92 Å². The Labute approximate surface area is 142 Å². The summed E-state index contributed by atoms with van der Waals surface area (Å²) in [6.45, 7) is 6.14. The van der Waals surface area contributed by atoms with Gasteiger partial charge in [0, 0.05) is 32.1 Å². The van der Waals surface area contributed by atoms with Crippen LogP contribution in [-0.2, 0) is 16.0 Å². The second kappa shape index (κ2) is 7.95. The summed E-state index contributed by atoms with van der Waals surface area (Å²) in [4.78, 5) is 39.2. The summed E-state index contributed by atoms with van der Waals surface area (Å²) in [5.74, 6) is -0.942. The summed E-state index contributed by atoms with van der Waals surface area (Å²) in [6.07, 6.45) is 0.943. The van der Waals surface area contributed by atoms with Gasteiger partial charge in [0.05, 0.1) is 12.0 Å². The van der Waals surface area contributed by atoms with Crippen molar-refractivity contribution in [3.63, 3.8) is 0 Å². The highest BCUT2D eigenvalue weighted by atomic mass is 16.4. The summed E-state index contributed by atoms with van der Waals surface area (Å²) in [5.41, 5.74) is 0.879. The Kier molecular flexibility index (Phi) is 5.95. The molecule has 0 unspecified atom stereocenters. The third-order valence-corrected chi connectivity index (χ3v) is 4.18. The van der Waals surface area contributed by atoms with Crippen molar-refractivity contribution >= 4 is 17.8 Å². The zero-order valence-corrected chi connectivity index (χ0v) is 14.2. The van der Waals surface area contributed by atoms with E-state index in [-0.39, 0.29) is 29.7 Å². The number of aromatic carboxylic acids is 1. The Morgan fingerprint density at radius 2 is 1.75 bits per heavy atom. The summed E-state index contributed by atoms with van der Waals surface area (Å²) in [7, 11) is 0. The van der Waals surface area contributed by atoms with Crippen molar-refractivity contribution in [2.45, 2.75) is 26.7 Å². The van der Waals surface area contributed by atoms with E-state index in [0.717, 1.165) is 6.42 Å². The predicted molar refractivity (Wildman–Crippen MR) is 89.7 cm³/mol. The number of amides is 2. The van der Waals surface area contributed by atoms with E-state index in [4.69, 9.17) is 5.11 Å². The van der Waals surface area contributed by atoms with E-state index in [2.05, 4.69) is 0 Å². The monoisotopic (exact) mass is 332 g/mol. The highest BCUT2D eigenvalue weighted by Gasteiger charge is 2.23. The number of rotatable bonds is 4. The van der Waals surface area contributed by atoms with Crippen LogP contribution in [0.15, 0.2) is 24.3 Å². The van der Waals surface area contributed by atoms with E-state index in [1.807, 2.05) is 18.7 Å². The Morgan fingerprint density at radius 3 is 2.42 bits per heavy atom. The highest BCUT2D eigenvalue weighted by molar-refractivity contribution is 5.88. The Balaban J connectivity index is 1.97. The summed E-state index contributed by atoms with van der Waals surface area (Å²) < 4.78 is 0. The molecule has 1 aromatic carbocycles. The molecule has 0 bridgehead atoms. The van der Waals surface area contributed by atoms with Gasteiger partial charge in [-0.25, -0.2) is 4.79 Å². The average Bonchev–Trinajstić information content (AvgIpc) is 2.80. The van der Waals surface area contributed by atoms with Gasteiger partial charge < -0.3 is 14.9 Å². The number of nitrogens with zero attached hydrogens (tertiary/aromatic N) is 2. The molecule has 0 atom stereocenters. The standard InChI is InChI=1S/C18H24N2O4/c1-13(2)17(22)20-8-4-7-19(9-10-20)16(21)12-14-5-3-6-15(11-14)18(23)24/h3,5-6,11,13H,4,7-10,12H2,1-2H3,(H,23,24). The highest BCUT2D eigenvalue weighted by Crippen LogP contribution is 2.11. The number of carboxylic acids is 1. The van der Waals surface area contributed by atoms with Crippen molar-refractivity contribution in [3.05, 3.63) is 35.4 Å². The molecule has 24 heavy (non-hydrogen) atoms. The van der Waals surface area contributed by atoms with Crippen LogP contribution in [0.3, 0.4) is 0 Å². The first kappa shape index (κ1) is 18.0. The molecule has 0 radical (unpaired) electrons. The second-order valence-corrected chi connectivity index (χ2v) is 6.40. The van der Waals surface area contributed by atoms with Crippen LogP contribution in [0.2, 0.25) is 0 Å². The van der Waals surface area contributed by atoms with Gasteiger partial charge in [0.2, 0.25) is 11.8 Å². The molecule has 6 nitrogen and oxygen atoms in total. The number of hydrogen-bond donors (Lipinski definition) is 1. The van der Waals surface area contributed by atoms with Crippen molar-refractivity contribution in [1.29, 1.82) is 0 Å². The molecule has 0 spiro atoms. The number of benzene rings is 1. The van der Waals surface area contributed by atoms with Crippen LogP contribution >= 0.6 is 0 Å². The van der Waals surface area contributed by atoms with Gasteiger partial charge in [0.15, 0.2) is 0 Å². The third-order valence-electron chi connectivity index (χ3n) is 4.18. The van der Waals surface area contributed by atoms with Crippen LogP contribution in [-0.4, -0.2) is 58.9 Å². The van der Waals surface area contributed by atoms with Gasteiger partial charge in [-0.15, -0.1) is 0 Å². The van der Waals surface area contributed by atoms with Crippen LogP contribution in [0.25, 0.3) is 0 Å². The minimum Gasteiger partial charge on any atom is -0.478 e. The van der Waals surface area contributed by atoms with Gasteiger partial charge >= 0.3 is 5.97 Å². The average molecular weight is 332 g/mol. The largest absolute Gasteiger partial charge is 0.478 e. The zero-order chi connectivity index (χ0) is 17.7. The smallest absolute Gasteiger partial charge is 0.335 e. The normalized spacial score (nSPS) is 15.3. The SMILES string of the molecule is CC(C)C(=O)N1CCCN(C(=O)Cc2cccc(C(=O)O)c2)CC1. The molecule has 1 saturated heterocycles. The van der Waals surface area contributed by atoms with Crippen LogP contribution < -0.4 is 0 Å². The third kappa shape index (κ3) is 4.57. The second-order valence-electron chi connectivity index (χ2n) is 6.40. The van der Waals surface area contributed by atoms with Crippen LogP contribution in [0.5, 0.6) is 0 Å². The van der Waals surface area contributed by atoms with Gasteiger partial charge in [-0.2, -0.15) is 0 Å². The number of hydrogen-bond acceptors (Lipinski definition) is 3. The summed E-state index contributed by atoms with van der Waals surface area (Å²) in [6, 6.07) is 6.46. The lowest BCUT2D eigenvalue weighted by atomic mass is 10.1. The lowest BCUT2D eigenvalue weighted by molar-refractivity contribution is -0.135. The Bertz CT molecular complexity index is 627. The lowest BCUT2D eigenvalue weighted by Crippen LogP contribution is -2.39. The van der Waals surface area contributed by atoms with Gasteiger partial charge in [-0.3, -0.25) is 9.59 Å². The maximum absolute atomic E-state index is 12.5. The molecular formula is C18H24N2O4. The minimum absolute atomic E-state index is 0.0311. The maximum atomic E-state index is 12.5. The van der Waals surface area contributed by atoms with Crippen molar-refractivity contribution in [2.75, 3.05) is 26.2 Å². The minimum atomic E-state index is -0.998. The molecule has 1 aliphatic rings. The summed E-state index contributed by atoms with van der Waals surface area (Å²) in [5, 5.41) is 9.02. The molecule has 1 fully saturated rings. The molecule has 0 aromatic heterocycles. The fraction of sp³-hybridized carbons (Fsp3) is 0.500. The molecule has 1 aromatic rings. The van der Waals surface area contributed by atoms with Gasteiger partial charge in [-0.1, -0.05) is 26.0 Å². The molecule has 1 heterocycles. The van der Waals surface area contributed by atoms with Gasteiger partial charge in [0.1, 0.15) is 0 Å². The van der Waals surface area contributed by atoms with E-state index < -0.39 is 5.97 Å². The van der Waals surface area contributed by atoms with Crippen molar-refractivity contribution in [3.8, 4) is 0 Å².